The largest absolute Gasteiger partial charge is 0.454 e. The Morgan fingerprint density at radius 3 is 2.73 bits per heavy atom. The van der Waals surface area contributed by atoms with Gasteiger partial charge in [-0.1, -0.05) is 6.07 Å². The number of carbonyl (C=O) groups is 2. The van der Waals surface area contributed by atoms with E-state index in [1.54, 1.807) is 6.07 Å². The van der Waals surface area contributed by atoms with Gasteiger partial charge < -0.3 is 19.5 Å². The van der Waals surface area contributed by atoms with E-state index in [2.05, 4.69) is 5.32 Å². The number of anilines is 1. The molecule has 0 fully saturated rings. The molecule has 1 aliphatic rings. The Bertz CT molecular complexity index is 881. The Morgan fingerprint density at radius 1 is 1.19 bits per heavy atom. The van der Waals surface area contributed by atoms with Gasteiger partial charge in [0.1, 0.15) is 0 Å². The summed E-state index contributed by atoms with van der Waals surface area (Å²) in [6.07, 6.45) is -1.10. The molecule has 134 valence electrons. The molecule has 1 heterocycles. The Labute approximate surface area is 147 Å². The second-order valence-corrected chi connectivity index (χ2v) is 5.41. The molecule has 3 rings (SSSR count). The van der Waals surface area contributed by atoms with Gasteiger partial charge in [0.05, 0.1) is 10.5 Å². The minimum Gasteiger partial charge on any atom is -0.454 e. The van der Waals surface area contributed by atoms with Crippen LogP contribution in [-0.4, -0.2) is 29.7 Å². The lowest BCUT2D eigenvalue weighted by Gasteiger charge is -2.13. The summed E-state index contributed by atoms with van der Waals surface area (Å²) in [4.78, 5) is 34.5. The third-order valence-corrected chi connectivity index (χ3v) is 3.59. The quantitative estimate of drug-likeness (QED) is 0.496. The molecule has 9 heteroatoms. The highest BCUT2D eigenvalue weighted by Crippen LogP contribution is 2.32. The van der Waals surface area contributed by atoms with Gasteiger partial charge in [-0.15, -0.1) is 0 Å². The predicted molar refractivity (Wildman–Crippen MR) is 89.2 cm³/mol. The SMILES string of the molecule is C[C@H](OC(=O)c1ccc2c(c1)OCO2)C(=O)Nc1cccc([N+](=O)[O-])c1. The maximum atomic E-state index is 12.2. The van der Waals surface area contributed by atoms with E-state index in [9.17, 15) is 19.7 Å². The maximum Gasteiger partial charge on any atom is 0.339 e. The lowest BCUT2D eigenvalue weighted by molar-refractivity contribution is -0.384. The molecule has 1 N–H and O–H groups in total. The van der Waals surface area contributed by atoms with Crippen molar-refractivity contribution >= 4 is 23.3 Å². The number of amides is 1. The van der Waals surface area contributed by atoms with Crippen LogP contribution in [0.15, 0.2) is 42.5 Å². The van der Waals surface area contributed by atoms with Gasteiger partial charge in [-0.3, -0.25) is 14.9 Å². The first kappa shape index (κ1) is 17.2. The number of nitrogens with zero attached hydrogens (tertiary/aromatic N) is 1. The Hall–Kier alpha value is -3.62. The molecule has 1 amide bonds. The van der Waals surface area contributed by atoms with E-state index in [0.717, 1.165) is 0 Å². The lowest BCUT2D eigenvalue weighted by atomic mass is 10.2. The number of hydrogen-bond donors (Lipinski definition) is 1. The molecule has 0 spiro atoms. The average Bonchev–Trinajstić information content (AvgIpc) is 3.09. The predicted octanol–water partition coefficient (Wildman–Crippen LogP) is 2.51. The molecule has 9 nitrogen and oxygen atoms in total. The van der Waals surface area contributed by atoms with Gasteiger partial charge in [-0.2, -0.15) is 0 Å². The summed E-state index contributed by atoms with van der Waals surface area (Å²) in [5.41, 5.74) is 0.284. The first-order valence-electron chi connectivity index (χ1n) is 7.60. The summed E-state index contributed by atoms with van der Waals surface area (Å²) in [5, 5.41) is 13.2. The minimum absolute atomic E-state index is 0.0792. The molecular formula is C17H14N2O7. The monoisotopic (exact) mass is 358 g/mol. The summed E-state index contributed by atoms with van der Waals surface area (Å²) >= 11 is 0. The van der Waals surface area contributed by atoms with Crippen LogP contribution in [-0.2, 0) is 9.53 Å². The fourth-order valence-corrected chi connectivity index (χ4v) is 2.25. The molecule has 26 heavy (non-hydrogen) atoms. The van der Waals surface area contributed by atoms with Crippen LogP contribution in [0.1, 0.15) is 17.3 Å². The number of nitro benzene ring substituents is 1. The number of fused-ring (bicyclic) bond motifs is 1. The maximum absolute atomic E-state index is 12.2. The van der Waals surface area contributed by atoms with Crippen molar-refractivity contribution in [2.75, 3.05) is 12.1 Å². The highest BCUT2D eigenvalue weighted by molar-refractivity contribution is 5.97. The van der Waals surface area contributed by atoms with Crippen molar-refractivity contribution in [3.05, 3.63) is 58.1 Å². The van der Waals surface area contributed by atoms with E-state index >= 15 is 0 Å². The Balaban J connectivity index is 1.63. The average molecular weight is 358 g/mol. The van der Waals surface area contributed by atoms with Gasteiger partial charge in [0.2, 0.25) is 6.79 Å². The van der Waals surface area contributed by atoms with Crippen LogP contribution in [0.5, 0.6) is 11.5 Å². The van der Waals surface area contributed by atoms with Crippen LogP contribution in [0.2, 0.25) is 0 Å². The van der Waals surface area contributed by atoms with Gasteiger partial charge in [0.15, 0.2) is 17.6 Å². The molecule has 0 unspecified atom stereocenters. The molecule has 0 bridgehead atoms. The minimum atomic E-state index is -1.10. The fraction of sp³-hybridized carbons (Fsp3) is 0.176. The molecule has 0 saturated carbocycles. The Kier molecular flexibility index (Phi) is 4.70. The number of non-ortho nitro benzene ring substituents is 1. The van der Waals surface area contributed by atoms with Crippen molar-refractivity contribution in [1.29, 1.82) is 0 Å². The molecule has 0 aliphatic carbocycles. The molecule has 0 saturated heterocycles. The molecular weight excluding hydrogens is 344 g/mol. The third-order valence-electron chi connectivity index (χ3n) is 3.59. The zero-order valence-electron chi connectivity index (χ0n) is 13.6. The fourth-order valence-electron chi connectivity index (χ4n) is 2.25. The number of rotatable bonds is 5. The summed E-state index contributed by atoms with van der Waals surface area (Å²) in [7, 11) is 0. The smallest absolute Gasteiger partial charge is 0.339 e. The first-order chi connectivity index (χ1) is 12.4. The van der Waals surface area contributed by atoms with E-state index in [1.807, 2.05) is 0 Å². The molecule has 0 aromatic heterocycles. The van der Waals surface area contributed by atoms with Crippen molar-refractivity contribution in [2.45, 2.75) is 13.0 Å². The number of nitrogens with one attached hydrogen (secondary N) is 1. The number of carbonyl (C=O) groups excluding carboxylic acids is 2. The lowest BCUT2D eigenvalue weighted by Crippen LogP contribution is -2.30. The third kappa shape index (κ3) is 3.72. The molecule has 0 radical (unpaired) electrons. The number of benzene rings is 2. The zero-order valence-corrected chi connectivity index (χ0v) is 13.6. The number of hydrogen-bond acceptors (Lipinski definition) is 7. The summed E-state index contributed by atoms with van der Waals surface area (Å²) in [6, 6.07) is 10.0. The van der Waals surface area contributed by atoms with E-state index in [0.29, 0.717) is 11.5 Å². The molecule has 1 atom stereocenters. The summed E-state index contributed by atoms with van der Waals surface area (Å²) < 4.78 is 15.5. The second-order valence-electron chi connectivity index (χ2n) is 5.41. The van der Waals surface area contributed by atoms with E-state index in [4.69, 9.17) is 14.2 Å². The van der Waals surface area contributed by atoms with E-state index in [1.165, 1.54) is 43.3 Å². The summed E-state index contributed by atoms with van der Waals surface area (Å²) in [5.74, 6) is -0.365. The van der Waals surface area contributed by atoms with Crippen molar-refractivity contribution in [2.24, 2.45) is 0 Å². The molecule has 2 aromatic carbocycles. The summed E-state index contributed by atoms with van der Waals surface area (Å²) in [6.45, 7) is 1.48. The zero-order chi connectivity index (χ0) is 18.7. The van der Waals surface area contributed by atoms with Crippen LogP contribution in [0.4, 0.5) is 11.4 Å². The van der Waals surface area contributed by atoms with Crippen molar-refractivity contribution in [3.63, 3.8) is 0 Å². The Morgan fingerprint density at radius 2 is 1.96 bits per heavy atom. The standard InChI is InChI=1S/C17H14N2O7/c1-10(16(20)18-12-3-2-4-13(8-12)19(22)23)26-17(21)11-5-6-14-15(7-11)25-9-24-14/h2-8,10H,9H2,1H3,(H,18,20)/t10-/m0/s1. The number of ether oxygens (including phenoxy) is 3. The molecule has 2 aromatic rings. The van der Waals surface area contributed by atoms with Crippen LogP contribution in [0.25, 0.3) is 0 Å². The molecule has 1 aliphatic heterocycles. The van der Waals surface area contributed by atoms with Gasteiger partial charge in [-0.05, 0) is 31.2 Å². The number of nitro groups is 1. The van der Waals surface area contributed by atoms with E-state index < -0.39 is 22.9 Å². The van der Waals surface area contributed by atoms with Crippen LogP contribution >= 0.6 is 0 Å². The highest BCUT2D eigenvalue weighted by atomic mass is 16.7. The highest BCUT2D eigenvalue weighted by Gasteiger charge is 2.22. The van der Waals surface area contributed by atoms with Crippen LogP contribution < -0.4 is 14.8 Å². The first-order valence-corrected chi connectivity index (χ1v) is 7.60. The van der Waals surface area contributed by atoms with Gasteiger partial charge >= 0.3 is 5.97 Å². The van der Waals surface area contributed by atoms with E-state index in [-0.39, 0.29) is 23.7 Å². The van der Waals surface area contributed by atoms with Crippen molar-refractivity contribution in [1.82, 2.24) is 0 Å². The van der Waals surface area contributed by atoms with Crippen molar-refractivity contribution in [3.8, 4) is 11.5 Å². The van der Waals surface area contributed by atoms with Gasteiger partial charge in [0.25, 0.3) is 11.6 Å². The van der Waals surface area contributed by atoms with Crippen molar-refractivity contribution < 1.29 is 28.7 Å². The van der Waals surface area contributed by atoms with Crippen LogP contribution in [0.3, 0.4) is 0 Å². The number of esters is 1. The normalized spacial score (nSPS) is 13.0. The second kappa shape index (κ2) is 7.09. The topological polar surface area (TPSA) is 117 Å². The van der Waals surface area contributed by atoms with Gasteiger partial charge in [0, 0.05) is 17.8 Å². The van der Waals surface area contributed by atoms with Crippen LogP contribution in [0, 0.1) is 10.1 Å². The van der Waals surface area contributed by atoms with Gasteiger partial charge in [-0.25, -0.2) is 4.79 Å².